The van der Waals surface area contributed by atoms with E-state index in [2.05, 4.69) is 55.6 Å². The lowest BCUT2D eigenvalue weighted by atomic mass is 9.96. The lowest BCUT2D eigenvalue weighted by molar-refractivity contribution is 0.298. The predicted molar refractivity (Wildman–Crippen MR) is 84.5 cm³/mol. The van der Waals surface area contributed by atoms with E-state index < -0.39 is 0 Å². The second kappa shape index (κ2) is 7.95. The van der Waals surface area contributed by atoms with Crippen LogP contribution in [0.4, 0.5) is 0 Å². The van der Waals surface area contributed by atoms with Gasteiger partial charge in [0, 0.05) is 49.4 Å². The van der Waals surface area contributed by atoms with Crippen LogP contribution in [0.15, 0.2) is 40.7 Å². The summed E-state index contributed by atoms with van der Waals surface area (Å²) in [6, 6.07) is 0. The number of hydrogen-bond acceptors (Lipinski definition) is 3. The predicted octanol–water partition coefficient (Wildman–Crippen LogP) is 3.13. The Hall–Kier alpha value is -1.35. The van der Waals surface area contributed by atoms with E-state index >= 15 is 0 Å². The van der Waals surface area contributed by atoms with Gasteiger partial charge in [-0.25, -0.2) is 0 Å². The van der Waals surface area contributed by atoms with Crippen molar-refractivity contribution >= 4 is 5.71 Å². The molecule has 106 valence electrons. The maximum atomic E-state index is 4.40. The molecule has 0 amide bonds. The standard InChI is InChI=1S/C16H27N3/c1-6-15(7-2)16(13(4)18-8-3)14(5)19-11-9-17-10-12-19/h6,8,17H,3,7,9-12H2,1-2,4-5H3/b15-6-,16-14-,18-13-. The normalized spacial score (nSPS) is 19.3. The molecular formula is C16H27N3. The maximum Gasteiger partial charge on any atom is 0.0464 e. The number of nitrogens with one attached hydrogen (secondary N) is 1. The Balaban J connectivity index is 3.19. The summed E-state index contributed by atoms with van der Waals surface area (Å²) in [6.45, 7) is 16.5. The lowest BCUT2D eigenvalue weighted by Gasteiger charge is -2.32. The molecule has 0 unspecified atom stereocenters. The zero-order chi connectivity index (χ0) is 14.3. The van der Waals surface area contributed by atoms with Crippen molar-refractivity contribution in [3.05, 3.63) is 35.7 Å². The zero-order valence-electron chi connectivity index (χ0n) is 12.8. The molecular weight excluding hydrogens is 234 g/mol. The van der Waals surface area contributed by atoms with E-state index in [9.17, 15) is 0 Å². The van der Waals surface area contributed by atoms with Crippen molar-refractivity contribution in [2.75, 3.05) is 26.2 Å². The number of rotatable bonds is 5. The fraction of sp³-hybridized carbons (Fsp3) is 0.562. The molecule has 0 radical (unpaired) electrons. The molecule has 0 aromatic carbocycles. The maximum absolute atomic E-state index is 4.40. The fourth-order valence-corrected chi connectivity index (χ4v) is 2.61. The Labute approximate surface area is 117 Å². The average Bonchev–Trinajstić information content (AvgIpc) is 2.45. The summed E-state index contributed by atoms with van der Waals surface area (Å²) >= 11 is 0. The van der Waals surface area contributed by atoms with Crippen LogP contribution in [0.1, 0.15) is 34.1 Å². The fourth-order valence-electron chi connectivity index (χ4n) is 2.61. The van der Waals surface area contributed by atoms with E-state index in [-0.39, 0.29) is 0 Å². The molecule has 1 N–H and O–H groups in total. The number of nitrogens with zero attached hydrogens (tertiary/aromatic N) is 2. The molecule has 0 saturated carbocycles. The smallest absolute Gasteiger partial charge is 0.0464 e. The highest BCUT2D eigenvalue weighted by Crippen LogP contribution is 2.22. The summed E-state index contributed by atoms with van der Waals surface area (Å²) < 4.78 is 0. The van der Waals surface area contributed by atoms with Crippen LogP contribution in [0.2, 0.25) is 0 Å². The third-order valence-corrected chi connectivity index (χ3v) is 3.65. The van der Waals surface area contributed by atoms with E-state index in [1.807, 2.05) is 0 Å². The third-order valence-electron chi connectivity index (χ3n) is 3.65. The van der Waals surface area contributed by atoms with Crippen LogP contribution in [0, 0.1) is 0 Å². The van der Waals surface area contributed by atoms with Crippen molar-refractivity contribution in [2.45, 2.75) is 34.1 Å². The largest absolute Gasteiger partial charge is 0.372 e. The molecule has 0 atom stereocenters. The van der Waals surface area contributed by atoms with Gasteiger partial charge < -0.3 is 10.2 Å². The topological polar surface area (TPSA) is 27.6 Å². The monoisotopic (exact) mass is 261 g/mol. The molecule has 0 spiro atoms. The van der Waals surface area contributed by atoms with Crippen molar-refractivity contribution in [3.63, 3.8) is 0 Å². The number of piperazine rings is 1. The van der Waals surface area contributed by atoms with Crippen LogP contribution in [-0.4, -0.2) is 36.8 Å². The van der Waals surface area contributed by atoms with E-state index in [0.29, 0.717) is 0 Å². The summed E-state index contributed by atoms with van der Waals surface area (Å²) in [6.07, 6.45) is 4.85. The molecule has 3 heteroatoms. The van der Waals surface area contributed by atoms with Gasteiger partial charge >= 0.3 is 0 Å². The van der Waals surface area contributed by atoms with Crippen molar-refractivity contribution in [2.24, 2.45) is 4.99 Å². The Morgan fingerprint density at radius 3 is 2.42 bits per heavy atom. The van der Waals surface area contributed by atoms with Gasteiger partial charge in [0.25, 0.3) is 0 Å². The second-order valence-electron chi connectivity index (χ2n) is 4.76. The SMILES string of the molecule is C=C\N=C(C)/C(C(=C\C)/CC)=C(\C)N1CCNCC1. The second-order valence-corrected chi connectivity index (χ2v) is 4.76. The van der Waals surface area contributed by atoms with Gasteiger partial charge in [0.15, 0.2) is 0 Å². The molecule has 1 saturated heterocycles. The molecule has 1 heterocycles. The first-order valence-electron chi connectivity index (χ1n) is 7.13. The summed E-state index contributed by atoms with van der Waals surface area (Å²) in [7, 11) is 0. The summed E-state index contributed by atoms with van der Waals surface area (Å²) in [4.78, 5) is 6.85. The number of allylic oxidation sites excluding steroid dienone is 4. The molecule has 1 fully saturated rings. The highest BCUT2D eigenvalue weighted by atomic mass is 15.2. The van der Waals surface area contributed by atoms with Crippen LogP contribution >= 0.6 is 0 Å². The quantitative estimate of drug-likeness (QED) is 0.608. The van der Waals surface area contributed by atoms with E-state index in [1.54, 1.807) is 6.20 Å². The van der Waals surface area contributed by atoms with Crippen LogP contribution in [0.3, 0.4) is 0 Å². The highest BCUT2D eigenvalue weighted by molar-refractivity contribution is 6.03. The van der Waals surface area contributed by atoms with Gasteiger partial charge in [-0.05, 0) is 32.8 Å². The van der Waals surface area contributed by atoms with Gasteiger partial charge in [0.1, 0.15) is 0 Å². The van der Waals surface area contributed by atoms with Crippen LogP contribution in [0.5, 0.6) is 0 Å². The first-order chi connectivity index (χ1) is 9.15. The third kappa shape index (κ3) is 4.06. The molecule has 19 heavy (non-hydrogen) atoms. The first kappa shape index (κ1) is 15.7. The lowest BCUT2D eigenvalue weighted by Crippen LogP contribution is -2.43. The van der Waals surface area contributed by atoms with Gasteiger partial charge in [-0.1, -0.05) is 19.6 Å². The van der Waals surface area contributed by atoms with Gasteiger partial charge in [-0.2, -0.15) is 0 Å². The average molecular weight is 261 g/mol. The van der Waals surface area contributed by atoms with Crippen molar-refractivity contribution in [3.8, 4) is 0 Å². The zero-order valence-corrected chi connectivity index (χ0v) is 12.8. The Bertz CT molecular complexity index is 392. The summed E-state index contributed by atoms with van der Waals surface area (Å²) in [5.41, 5.74) is 5.03. The molecule has 0 aliphatic carbocycles. The minimum absolute atomic E-state index is 1.03. The van der Waals surface area contributed by atoms with Crippen molar-refractivity contribution in [1.82, 2.24) is 10.2 Å². The van der Waals surface area contributed by atoms with Crippen molar-refractivity contribution in [1.29, 1.82) is 0 Å². The van der Waals surface area contributed by atoms with Crippen LogP contribution < -0.4 is 5.32 Å². The minimum Gasteiger partial charge on any atom is -0.372 e. The van der Waals surface area contributed by atoms with Crippen molar-refractivity contribution < 1.29 is 0 Å². The van der Waals surface area contributed by atoms with Crippen LogP contribution in [-0.2, 0) is 0 Å². The number of aliphatic imine (C=N–C) groups is 1. The Morgan fingerprint density at radius 1 is 1.32 bits per heavy atom. The first-order valence-corrected chi connectivity index (χ1v) is 7.13. The molecule has 3 nitrogen and oxygen atoms in total. The van der Waals surface area contributed by atoms with Crippen LogP contribution in [0.25, 0.3) is 0 Å². The van der Waals surface area contributed by atoms with E-state index in [1.165, 1.54) is 16.8 Å². The van der Waals surface area contributed by atoms with E-state index in [0.717, 1.165) is 38.3 Å². The highest BCUT2D eigenvalue weighted by Gasteiger charge is 2.17. The minimum atomic E-state index is 1.03. The number of hydrogen-bond donors (Lipinski definition) is 1. The van der Waals surface area contributed by atoms with E-state index in [4.69, 9.17) is 0 Å². The Morgan fingerprint density at radius 2 is 1.95 bits per heavy atom. The molecule has 0 bridgehead atoms. The molecule has 1 aliphatic rings. The molecule has 1 rings (SSSR count). The van der Waals surface area contributed by atoms with Gasteiger partial charge in [-0.3, -0.25) is 4.99 Å². The summed E-state index contributed by atoms with van der Waals surface area (Å²) in [5, 5.41) is 3.39. The molecule has 1 aliphatic heterocycles. The molecule has 0 aromatic rings. The Kier molecular flexibility index (Phi) is 6.57. The van der Waals surface area contributed by atoms with Gasteiger partial charge in [0.2, 0.25) is 0 Å². The summed E-state index contributed by atoms with van der Waals surface area (Å²) in [5.74, 6) is 0. The van der Waals surface area contributed by atoms with Gasteiger partial charge in [0.05, 0.1) is 0 Å². The van der Waals surface area contributed by atoms with Gasteiger partial charge in [-0.15, -0.1) is 0 Å². The molecule has 0 aromatic heterocycles.